The summed E-state index contributed by atoms with van der Waals surface area (Å²) in [5.74, 6) is -0.336. The van der Waals surface area contributed by atoms with E-state index in [1.165, 1.54) is 4.90 Å². The molecule has 0 aliphatic carbocycles. The molecule has 2 aromatic carbocycles. The average Bonchev–Trinajstić information content (AvgIpc) is 3.17. The van der Waals surface area contributed by atoms with E-state index in [4.69, 9.17) is 9.47 Å². The first-order valence-electron chi connectivity index (χ1n) is 12.7. The van der Waals surface area contributed by atoms with Crippen LogP contribution in [-0.2, 0) is 16.1 Å². The van der Waals surface area contributed by atoms with Crippen molar-refractivity contribution in [1.29, 1.82) is 0 Å². The van der Waals surface area contributed by atoms with E-state index in [1.807, 2.05) is 37.3 Å². The van der Waals surface area contributed by atoms with Crippen LogP contribution >= 0.6 is 0 Å². The Morgan fingerprint density at radius 1 is 0.946 bits per heavy atom. The van der Waals surface area contributed by atoms with Gasteiger partial charge in [0.1, 0.15) is 17.3 Å². The van der Waals surface area contributed by atoms with Crippen molar-refractivity contribution >= 4 is 17.4 Å². The number of nitrogens with zero attached hydrogens (tertiary/aromatic N) is 2. The van der Waals surface area contributed by atoms with Crippen LogP contribution in [0.3, 0.4) is 0 Å². The van der Waals surface area contributed by atoms with Gasteiger partial charge in [0.25, 0.3) is 11.7 Å². The van der Waals surface area contributed by atoms with Gasteiger partial charge in [0.15, 0.2) is 0 Å². The molecule has 1 atom stereocenters. The maximum atomic E-state index is 13.3. The van der Waals surface area contributed by atoms with Crippen LogP contribution in [0, 0.1) is 0 Å². The lowest BCUT2D eigenvalue weighted by molar-refractivity contribution is -0.140. The van der Waals surface area contributed by atoms with Gasteiger partial charge < -0.3 is 19.5 Å². The molecule has 1 amide bonds. The van der Waals surface area contributed by atoms with E-state index < -0.39 is 17.7 Å². The SMILES string of the molecule is CCCCOc1ccc(C2/C(=C(\O)c3cccc(OCCC)c3)C(=O)C(=O)N2Cc2cccnc2)cc1. The van der Waals surface area contributed by atoms with Crippen molar-refractivity contribution in [1.82, 2.24) is 9.88 Å². The van der Waals surface area contributed by atoms with Gasteiger partial charge in [0, 0.05) is 24.5 Å². The summed E-state index contributed by atoms with van der Waals surface area (Å²) in [4.78, 5) is 32.2. The number of Topliss-reactive ketones (excluding diaryl/α,β-unsaturated/α-hetero) is 1. The number of aromatic nitrogens is 1. The number of carbonyl (C=O) groups is 2. The molecule has 0 spiro atoms. The van der Waals surface area contributed by atoms with E-state index in [2.05, 4.69) is 11.9 Å². The number of pyridine rings is 1. The van der Waals surface area contributed by atoms with Crippen LogP contribution in [0.5, 0.6) is 11.5 Å². The fourth-order valence-corrected chi connectivity index (χ4v) is 4.27. The topological polar surface area (TPSA) is 89.0 Å². The minimum absolute atomic E-state index is 0.0428. The molecule has 7 heteroatoms. The van der Waals surface area contributed by atoms with E-state index in [0.717, 1.165) is 24.8 Å². The van der Waals surface area contributed by atoms with Crippen LogP contribution in [0.2, 0.25) is 0 Å². The zero-order valence-electron chi connectivity index (χ0n) is 21.2. The molecule has 0 saturated carbocycles. The fraction of sp³-hybridized carbons (Fsp3) is 0.300. The highest BCUT2D eigenvalue weighted by atomic mass is 16.5. The average molecular weight is 501 g/mol. The molecular weight excluding hydrogens is 468 g/mol. The zero-order chi connectivity index (χ0) is 26.2. The second kappa shape index (κ2) is 12.2. The Hall–Kier alpha value is -4.13. The molecule has 0 bridgehead atoms. The molecule has 1 aliphatic heterocycles. The van der Waals surface area contributed by atoms with Gasteiger partial charge >= 0.3 is 0 Å². The first-order valence-corrected chi connectivity index (χ1v) is 12.7. The van der Waals surface area contributed by atoms with Gasteiger partial charge in [-0.05, 0) is 54.3 Å². The number of hydrogen-bond donors (Lipinski definition) is 1. The molecule has 1 N–H and O–H groups in total. The number of unbranched alkanes of at least 4 members (excludes halogenated alkanes) is 1. The Labute approximate surface area is 217 Å². The number of ketones is 1. The molecule has 1 unspecified atom stereocenters. The van der Waals surface area contributed by atoms with Crippen molar-refractivity contribution in [2.24, 2.45) is 0 Å². The van der Waals surface area contributed by atoms with Crippen LogP contribution in [0.15, 0.2) is 78.6 Å². The Balaban J connectivity index is 1.75. The minimum atomic E-state index is -0.773. The Morgan fingerprint density at radius 3 is 2.43 bits per heavy atom. The molecule has 4 rings (SSSR count). The molecule has 37 heavy (non-hydrogen) atoms. The highest BCUT2D eigenvalue weighted by Crippen LogP contribution is 2.41. The third kappa shape index (κ3) is 6.00. The minimum Gasteiger partial charge on any atom is -0.507 e. The summed E-state index contributed by atoms with van der Waals surface area (Å²) in [6.07, 6.45) is 6.14. The predicted molar refractivity (Wildman–Crippen MR) is 141 cm³/mol. The third-order valence-corrected chi connectivity index (χ3v) is 6.16. The quantitative estimate of drug-likeness (QED) is 0.158. The van der Waals surface area contributed by atoms with Gasteiger partial charge in [-0.15, -0.1) is 0 Å². The zero-order valence-corrected chi connectivity index (χ0v) is 21.2. The molecule has 3 aromatic rings. The maximum absolute atomic E-state index is 13.3. The van der Waals surface area contributed by atoms with Crippen molar-refractivity contribution in [3.8, 4) is 11.5 Å². The van der Waals surface area contributed by atoms with Gasteiger partial charge in [0.2, 0.25) is 0 Å². The van der Waals surface area contributed by atoms with Gasteiger partial charge in [0.05, 0.1) is 24.8 Å². The molecule has 1 fully saturated rings. The van der Waals surface area contributed by atoms with E-state index in [-0.39, 0.29) is 17.9 Å². The van der Waals surface area contributed by atoms with Crippen molar-refractivity contribution in [3.63, 3.8) is 0 Å². The number of ether oxygens (including phenoxy) is 2. The number of aliphatic hydroxyl groups is 1. The summed E-state index contributed by atoms with van der Waals surface area (Å²) in [5, 5.41) is 11.4. The van der Waals surface area contributed by atoms with E-state index in [1.54, 1.807) is 42.7 Å². The largest absolute Gasteiger partial charge is 0.507 e. The van der Waals surface area contributed by atoms with Crippen LogP contribution in [0.4, 0.5) is 0 Å². The molecule has 1 saturated heterocycles. The van der Waals surface area contributed by atoms with E-state index in [0.29, 0.717) is 35.8 Å². The summed E-state index contributed by atoms with van der Waals surface area (Å²) in [7, 11) is 0. The van der Waals surface area contributed by atoms with Crippen LogP contribution in [0.25, 0.3) is 5.76 Å². The van der Waals surface area contributed by atoms with E-state index >= 15 is 0 Å². The van der Waals surface area contributed by atoms with Gasteiger partial charge in [-0.1, -0.05) is 50.6 Å². The first kappa shape index (κ1) is 25.9. The van der Waals surface area contributed by atoms with Crippen molar-refractivity contribution < 1.29 is 24.2 Å². The Kier molecular flexibility index (Phi) is 8.56. The third-order valence-electron chi connectivity index (χ3n) is 6.16. The van der Waals surface area contributed by atoms with Crippen molar-refractivity contribution in [3.05, 3.63) is 95.3 Å². The van der Waals surface area contributed by atoms with Crippen LogP contribution in [0.1, 0.15) is 55.8 Å². The normalized spacial score (nSPS) is 16.7. The van der Waals surface area contributed by atoms with Crippen molar-refractivity contribution in [2.75, 3.05) is 13.2 Å². The summed E-state index contributed by atoms with van der Waals surface area (Å²) in [6.45, 7) is 5.43. The highest BCUT2D eigenvalue weighted by molar-refractivity contribution is 6.46. The number of aliphatic hydroxyl groups excluding tert-OH is 1. The Morgan fingerprint density at radius 2 is 1.73 bits per heavy atom. The predicted octanol–water partition coefficient (Wildman–Crippen LogP) is 5.67. The van der Waals surface area contributed by atoms with Crippen LogP contribution in [-0.4, -0.2) is 39.9 Å². The molecule has 7 nitrogen and oxygen atoms in total. The van der Waals surface area contributed by atoms with Crippen LogP contribution < -0.4 is 9.47 Å². The van der Waals surface area contributed by atoms with Gasteiger partial charge in [-0.25, -0.2) is 0 Å². The van der Waals surface area contributed by atoms with Gasteiger partial charge in [-0.3, -0.25) is 14.6 Å². The fourth-order valence-electron chi connectivity index (χ4n) is 4.27. The second-order valence-electron chi connectivity index (χ2n) is 8.94. The molecule has 1 aromatic heterocycles. The summed E-state index contributed by atoms with van der Waals surface area (Å²) >= 11 is 0. The van der Waals surface area contributed by atoms with E-state index in [9.17, 15) is 14.7 Å². The molecule has 0 radical (unpaired) electrons. The number of likely N-dealkylation sites (tertiary alicyclic amines) is 1. The number of rotatable bonds is 11. The number of benzene rings is 2. The lowest BCUT2D eigenvalue weighted by atomic mass is 9.95. The number of carbonyl (C=O) groups excluding carboxylic acids is 2. The summed E-state index contributed by atoms with van der Waals surface area (Å²) < 4.78 is 11.5. The highest BCUT2D eigenvalue weighted by Gasteiger charge is 2.46. The molecule has 192 valence electrons. The molecular formula is C30H32N2O5. The van der Waals surface area contributed by atoms with Crippen molar-refractivity contribution in [2.45, 2.75) is 45.7 Å². The number of hydrogen-bond acceptors (Lipinski definition) is 6. The monoisotopic (exact) mass is 500 g/mol. The first-order chi connectivity index (χ1) is 18.0. The Bertz CT molecular complexity index is 1250. The molecule has 1 aliphatic rings. The maximum Gasteiger partial charge on any atom is 0.295 e. The smallest absolute Gasteiger partial charge is 0.295 e. The number of amides is 1. The van der Waals surface area contributed by atoms with Gasteiger partial charge in [-0.2, -0.15) is 0 Å². The lowest BCUT2D eigenvalue weighted by Gasteiger charge is -2.25. The summed E-state index contributed by atoms with van der Waals surface area (Å²) in [6, 6.07) is 17.1. The standard InChI is InChI=1S/C30H32N2O5/c1-3-5-17-37-24-13-11-22(12-14-24)27-26(28(33)23-9-6-10-25(18-23)36-16-4-2)29(34)30(35)32(27)20-21-8-7-15-31-19-21/h6-15,18-19,27,33H,3-5,16-17,20H2,1-2H3/b28-26+. The summed E-state index contributed by atoms with van der Waals surface area (Å²) in [5.41, 5.74) is 1.94. The lowest BCUT2D eigenvalue weighted by Crippen LogP contribution is -2.29. The second-order valence-corrected chi connectivity index (χ2v) is 8.94. The molecule has 2 heterocycles.